The summed E-state index contributed by atoms with van der Waals surface area (Å²) in [5.41, 5.74) is 0. The second-order valence-electron chi connectivity index (χ2n) is 4.51. The van der Waals surface area contributed by atoms with Crippen LogP contribution in [0.25, 0.3) is 0 Å². The fourth-order valence-corrected chi connectivity index (χ4v) is 1.75. The standard InChI is InChI=1S/C11H19N3O2/c1-8(2)11-13-10(14-16-11)7-15-6-9-4-3-5-12-9/h8-9,12H,3-7H2,1-2H3. The van der Waals surface area contributed by atoms with Crippen LogP contribution in [0.5, 0.6) is 0 Å². The van der Waals surface area contributed by atoms with Gasteiger partial charge in [-0.25, -0.2) is 0 Å². The highest BCUT2D eigenvalue weighted by atomic mass is 16.5. The summed E-state index contributed by atoms with van der Waals surface area (Å²) in [4.78, 5) is 4.25. The molecule has 1 saturated heterocycles. The summed E-state index contributed by atoms with van der Waals surface area (Å²) < 4.78 is 10.6. The van der Waals surface area contributed by atoms with Crippen molar-refractivity contribution in [3.63, 3.8) is 0 Å². The molecule has 0 spiro atoms. The van der Waals surface area contributed by atoms with Crippen LogP contribution in [0.1, 0.15) is 44.3 Å². The third kappa shape index (κ3) is 3.02. The van der Waals surface area contributed by atoms with Crippen LogP contribution in [0.3, 0.4) is 0 Å². The summed E-state index contributed by atoms with van der Waals surface area (Å²) in [7, 11) is 0. The van der Waals surface area contributed by atoms with Gasteiger partial charge in [-0.05, 0) is 19.4 Å². The molecule has 0 amide bonds. The highest BCUT2D eigenvalue weighted by Crippen LogP contribution is 2.11. The molecule has 1 aliphatic heterocycles. The normalized spacial score (nSPS) is 20.8. The molecule has 0 bridgehead atoms. The summed E-state index contributed by atoms with van der Waals surface area (Å²) in [5, 5.41) is 7.25. The zero-order valence-electron chi connectivity index (χ0n) is 9.90. The van der Waals surface area contributed by atoms with Crippen molar-refractivity contribution in [1.29, 1.82) is 0 Å². The van der Waals surface area contributed by atoms with Crippen molar-refractivity contribution in [2.75, 3.05) is 13.2 Å². The Labute approximate surface area is 95.6 Å². The average molecular weight is 225 g/mol. The molecule has 0 radical (unpaired) electrons. The van der Waals surface area contributed by atoms with E-state index in [1.807, 2.05) is 13.8 Å². The van der Waals surface area contributed by atoms with Gasteiger partial charge in [0.25, 0.3) is 0 Å². The van der Waals surface area contributed by atoms with Crippen molar-refractivity contribution >= 4 is 0 Å². The summed E-state index contributed by atoms with van der Waals surface area (Å²) in [5.74, 6) is 1.59. The van der Waals surface area contributed by atoms with Crippen LogP contribution in [0, 0.1) is 0 Å². The van der Waals surface area contributed by atoms with Gasteiger partial charge in [0.15, 0.2) is 5.82 Å². The smallest absolute Gasteiger partial charge is 0.229 e. The quantitative estimate of drug-likeness (QED) is 0.822. The molecular formula is C11H19N3O2. The molecule has 1 fully saturated rings. The minimum Gasteiger partial charge on any atom is -0.372 e. The molecule has 1 aliphatic rings. The Morgan fingerprint density at radius 3 is 3.06 bits per heavy atom. The first kappa shape index (κ1) is 11.5. The van der Waals surface area contributed by atoms with E-state index in [-0.39, 0.29) is 5.92 Å². The third-order valence-corrected chi connectivity index (χ3v) is 2.69. The molecule has 2 rings (SSSR count). The van der Waals surface area contributed by atoms with Gasteiger partial charge in [-0.3, -0.25) is 0 Å². The SMILES string of the molecule is CC(C)c1nc(COCC2CCCN2)no1. The van der Waals surface area contributed by atoms with E-state index in [0.29, 0.717) is 24.4 Å². The maximum atomic E-state index is 5.55. The highest BCUT2D eigenvalue weighted by molar-refractivity contribution is 4.89. The fourth-order valence-electron chi connectivity index (χ4n) is 1.75. The van der Waals surface area contributed by atoms with Crippen LogP contribution < -0.4 is 5.32 Å². The van der Waals surface area contributed by atoms with E-state index in [1.165, 1.54) is 12.8 Å². The first-order valence-corrected chi connectivity index (χ1v) is 5.89. The lowest BCUT2D eigenvalue weighted by molar-refractivity contribution is 0.0968. The Morgan fingerprint density at radius 2 is 2.44 bits per heavy atom. The third-order valence-electron chi connectivity index (χ3n) is 2.69. The van der Waals surface area contributed by atoms with Crippen LogP contribution >= 0.6 is 0 Å². The predicted molar refractivity (Wildman–Crippen MR) is 59.1 cm³/mol. The van der Waals surface area contributed by atoms with E-state index < -0.39 is 0 Å². The van der Waals surface area contributed by atoms with Gasteiger partial charge in [0, 0.05) is 12.0 Å². The Kier molecular flexibility index (Phi) is 3.90. The van der Waals surface area contributed by atoms with Crippen molar-refractivity contribution in [1.82, 2.24) is 15.5 Å². The largest absolute Gasteiger partial charge is 0.372 e. The van der Waals surface area contributed by atoms with Gasteiger partial charge in [0.1, 0.15) is 6.61 Å². The molecule has 1 aromatic rings. The molecule has 1 aromatic heterocycles. The molecule has 0 aromatic carbocycles. The van der Waals surface area contributed by atoms with E-state index in [4.69, 9.17) is 9.26 Å². The van der Waals surface area contributed by atoms with Crippen molar-refractivity contribution in [3.05, 3.63) is 11.7 Å². The molecule has 5 heteroatoms. The molecule has 1 unspecified atom stereocenters. The highest BCUT2D eigenvalue weighted by Gasteiger charge is 2.15. The van der Waals surface area contributed by atoms with Crippen LogP contribution in [0.15, 0.2) is 4.52 Å². The number of aromatic nitrogens is 2. The number of rotatable bonds is 5. The van der Waals surface area contributed by atoms with Crippen molar-refractivity contribution in [2.45, 2.75) is 45.3 Å². The van der Waals surface area contributed by atoms with E-state index in [2.05, 4.69) is 15.5 Å². The molecule has 0 aliphatic carbocycles. The van der Waals surface area contributed by atoms with Gasteiger partial charge in [0.2, 0.25) is 5.89 Å². The van der Waals surface area contributed by atoms with Gasteiger partial charge in [-0.15, -0.1) is 0 Å². The zero-order valence-corrected chi connectivity index (χ0v) is 9.90. The molecular weight excluding hydrogens is 206 g/mol. The number of hydrogen-bond acceptors (Lipinski definition) is 5. The average Bonchev–Trinajstić information content (AvgIpc) is 2.87. The molecule has 0 saturated carbocycles. The first-order chi connectivity index (χ1) is 7.75. The summed E-state index contributed by atoms with van der Waals surface area (Å²) in [6.45, 7) is 6.33. The first-order valence-electron chi connectivity index (χ1n) is 5.89. The molecule has 2 heterocycles. The van der Waals surface area contributed by atoms with Gasteiger partial charge < -0.3 is 14.6 Å². The number of nitrogens with zero attached hydrogens (tertiary/aromatic N) is 2. The Hall–Kier alpha value is -0.940. The summed E-state index contributed by atoms with van der Waals surface area (Å²) >= 11 is 0. The lowest BCUT2D eigenvalue weighted by Crippen LogP contribution is -2.26. The Bertz CT molecular complexity index is 319. The number of nitrogens with one attached hydrogen (secondary N) is 1. The van der Waals surface area contributed by atoms with E-state index in [0.717, 1.165) is 13.2 Å². The van der Waals surface area contributed by atoms with E-state index in [1.54, 1.807) is 0 Å². The lowest BCUT2D eigenvalue weighted by Gasteiger charge is -2.08. The molecule has 5 nitrogen and oxygen atoms in total. The van der Waals surface area contributed by atoms with Gasteiger partial charge in [-0.2, -0.15) is 4.98 Å². The second-order valence-corrected chi connectivity index (χ2v) is 4.51. The molecule has 16 heavy (non-hydrogen) atoms. The monoisotopic (exact) mass is 225 g/mol. The lowest BCUT2D eigenvalue weighted by atomic mass is 10.2. The van der Waals surface area contributed by atoms with E-state index in [9.17, 15) is 0 Å². The Morgan fingerprint density at radius 1 is 1.56 bits per heavy atom. The number of hydrogen-bond donors (Lipinski definition) is 1. The van der Waals surface area contributed by atoms with Gasteiger partial charge in [0.05, 0.1) is 6.61 Å². The van der Waals surface area contributed by atoms with Crippen molar-refractivity contribution < 1.29 is 9.26 Å². The topological polar surface area (TPSA) is 60.2 Å². The Balaban J connectivity index is 1.72. The van der Waals surface area contributed by atoms with Crippen LogP contribution in [0.2, 0.25) is 0 Å². The van der Waals surface area contributed by atoms with Crippen LogP contribution in [0.4, 0.5) is 0 Å². The maximum Gasteiger partial charge on any atom is 0.229 e. The summed E-state index contributed by atoms with van der Waals surface area (Å²) in [6.07, 6.45) is 2.44. The molecule has 1 N–H and O–H groups in total. The fraction of sp³-hybridized carbons (Fsp3) is 0.818. The van der Waals surface area contributed by atoms with Crippen LogP contribution in [-0.2, 0) is 11.3 Å². The van der Waals surface area contributed by atoms with Gasteiger partial charge >= 0.3 is 0 Å². The number of ether oxygens (including phenoxy) is 1. The summed E-state index contributed by atoms with van der Waals surface area (Å²) in [6, 6.07) is 0.497. The molecule has 1 atom stereocenters. The minimum absolute atomic E-state index is 0.276. The van der Waals surface area contributed by atoms with E-state index >= 15 is 0 Å². The van der Waals surface area contributed by atoms with Gasteiger partial charge in [-0.1, -0.05) is 19.0 Å². The molecule has 90 valence electrons. The van der Waals surface area contributed by atoms with Crippen molar-refractivity contribution in [2.24, 2.45) is 0 Å². The maximum absolute atomic E-state index is 5.55. The van der Waals surface area contributed by atoms with Crippen molar-refractivity contribution in [3.8, 4) is 0 Å². The minimum atomic E-state index is 0.276. The zero-order chi connectivity index (χ0) is 11.4. The predicted octanol–water partition coefficient (Wildman–Crippen LogP) is 1.46. The van der Waals surface area contributed by atoms with Crippen LogP contribution in [-0.4, -0.2) is 29.3 Å². The second kappa shape index (κ2) is 5.41.